The number of nitrogens with two attached hydrogens (primary N) is 3. The lowest BCUT2D eigenvalue weighted by atomic mass is 9.89. The number of non-ortho nitro benzene ring substituents is 2. The molecule has 11 N–H and O–H groups in total. The second-order valence-electron chi connectivity index (χ2n) is 38.6. The molecule has 146 heavy (non-hydrogen) atoms. The number of aliphatic hydroxyl groups is 1. The van der Waals surface area contributed by atoms with Gasteiger partial charge in [-0.25, -0.2) is 14.2 Å². The molecule has 4 aliphatic rings. The molecule has 6 heterocycles. The number of nitro benzene ring substituents is 2. The minimum atomic E-state index is -0.457. The van der Waals surface area contributed by atoms with E-state index < -0.39 is 4.92 Å². The Morgan fingerprint density at radius 2 is 0.815 bits per heavy atom. The van der Waals surface area contributed by atoms with E-state index in [1.165, 1.54) is 51.6 Å². The van der Waals surface area contributed by atoms with E-state index in [1.54, 1.807) is 42.5 Å². The highest BCUT2D eigenvalue weighted by Crippen LogP contribution is 2.38. The van der Waals surface area contributed by atoms with Crippen molar-refractivity contribution in [3.05, 3.63) is 277 Å². The van der Waals surface area contributed by atoms with Crippen molar-refractivity contribution in [3.8, 4) is 40.4 Å². The number of aryl methyl sites for hydroxylation is 6. The average Bonchev–Trinajstić information content (AvgIpc) is 1.69. The summed E-state index contributed by atoms with van der Waals surface area (Å²) in [6.45, 7) is 50.4. The zero-order valence-corrected chi connectivity index (χ0v) is 86.9. The summed E-state index contributed by atoms with van der Waals surface area (Å²) in [4.78, 5) is 54.4. The maximum Gasteiger partial charge on any atom is 0.324 e. The number of aromatic nitrogens is 4. The van der Waals surface area contributed by atoms with E-state index in [9.17, 15) is 34.9 Å². The van der Waals surface area contributed by atoms with E-state index in [1.807, 2.05) is 139 Å². The lowest BCUT2D eigenvalue weighted by molar-refractivity contribution is -0.383. The maximum absolute atomic E-state index is 13.4. The highest BCUT2D eigenvalue weighted by Gasteiger charge is 2.27. The monoisotopic (exact) mass is 2000 g/mol. The summed E-state index contributed by atoms with van der Waals surface area (Å²) in [5.74, 6) is 9.11. The third kappa shape index (κ3) is 34.5. The Balaban J connectivity index is 0.000000196. The number of nitrogens with one attached hydrogen (secondary N) is 3. The quantitative estimate of drug-likeness (QED) is 0.0114. The van der Waals surface area contributed by atoms with E-state index in [4.69, 9.17) is 65.9 Å². The summed E-state index contributed by atoms with van der Waals surface area (Å²) in [6.07, 6.45) is 2.88. The molecule has 2 amide bonds. The first-order valence-corrected chi connectivity index (χ1v) is 49.7. The molecule has 0 radical (unpaired) electrons. The largest absolute Gasteiger partial charge is 0.507 e. The van der Waals surface area contributed by atoms with Crippen LogP contribution in [-0.4, -0.2) is 229 Å². The highest BCUT2D eigenvalue weighted by atomic mass is 16.6. The number of hydrogen-bond acceptors (Lipinski definition) is 26. The fourth-order valence-electron chi connectivity index (χ4n) is 16.3. The van der Waals surface area contributed by atoms with Crippen molar-refractivity contribution < 1.29 is 62.8 Å². The van der Waals surface area contributed by atoms with Gasteiger partial charge < -0.3 is 65.6 Å². The molecule has 32 nitrogen and oxygen atoms in total. The van der Waals surface area contributed by atoms with E-state index in [-0.39, 0.29) is 70.6 Å². The highest BCUT2D eigenvalue weighted by molar-refractivity contribution is 6.07. The second kappa shape index (κ2) is 57.3. The Morgan fingerprint density at radius 1 is 0.452 bits per heavy atom. The number of Topliss-reactive ketones (excluding diaryl/α,β-unsaturated/α-hetero) is 1. The van der Waals surface area contributed by atoms with Crippen LogP contribution in [0.2, 0.25) is 0 Å². The predicted octanol–water partition coefficient (Wildman–Crippen LogP) is 20.5. The number of carbonyl (C=O) groups excluding carboxylic acids is 2. The normalized spacial score (nSPS) is 13.9. The van der Waals surface area contributed by atoms with Crippen molar-refractivity contribution in [1.29, 1.82) is 5.26 Å². The van der Waals surface area contributed by atoms with Crippen LogP contribution in [0.15, 0.2) is 212 Å². The molecule has 0 unspecified atom stereocenters. The van der Waals surface area contributed by atoms with Gasteiger partial charge in [0, 0.05) is 157 Å². The van der Waals surface area contributed by atoms with Crippen LogP contribution in [0.1, 0.15) is 142 Å². The first kappa shape index (κ1) is 116. The molecule has 0 saturated carbocycles. The van der Waals surface area contributed by atoms with Gasteiger partial charge in [-0.2, -0.15) is 15.5 Å². The average molecular weight is 2000 g/mol. The SMILES string of the molecule is C.CC(C)(C)C(=O)CC#N.CCc1cc(C)ccc1-n1nc(C(C)(C)C)cc1N.CCc1cc(C)ccc1-n1nc(C(C)(C)C)cc1NC(=O)Nc1ccc(OCCN2CCOCC2)c2ccccc12.CCc1cc(C)ccc1NN.Nc1ccc(OCCN2CCOCC2)c2ccccc12.O=[N+]([O-])c1ccc(O)c2ccccc12.O=[N+]([O-])c1ccc(OCCN2CCOCC2)c2ccccc12.OCCN1CCOCC1. The molecule has 0 spiro atoms. The number of ketones is 1. The van der Waals surface area contributed by atoms with Crippen LogP contribution in [0.4, 0.5) is 44.9 Å². The molecule has 13 aromatic rings. The van der Waals surface area contributed by atoms with Crippen molar-refractivity contribution in [2.75, 3.05) is 185 Å². The molecule has 2 aromatic heterocycles. The second-order valence-corrected chi connectivity index (χ2v) is 38.6. The first-order chi connectivity index (χ1) is 69.5. The van der Waals surface area contributed by atoms with E-state index in [0.717, 1.165) is 223 Å². The fraction of sp³-hybridized carbons (Fsp3) is 0.412. The summed E-state index contributed by atoms with van der Waals surface area (Å²) in [6, 6.07) is 67.9. The Labute approximate surface area is 859 Å². The van der Waals surface area contributed by atoms with E-state index in [2.05, 4.69) is 172 Å². The number of nitrogen functional groups attached to an aromatic ring is 3. The maximum atomic E-state index is 13.4. The summed E-state index contributed by atoms with van der Waals surface area (Å²) in [5.41, 5.74) is 28.4. The summed E-state index contributed by atoms with van der Waals surface area (Å²) < 4.78 is 42.9. The smallest absolute Gasteiger partial charge is 0.324 e. The lowest BCUT2D eigenvalue weighted by Crippen LogP contribution is -2.38. The number of nitro groups is 2. The number of aliphatic hydroxyl groups excluding tert-OH is 1. The standard InChI is InChI=1S/C33H41N5O3.C16H23N3.C16H18N2O4.C16H20N2O2.C10H7NO3.C9H14N2.C7H11NO.C6H13NO2.CH4/c1-6-24-21-23(2)11-13-28(24)38-31(22-30(36-38)33(3,4)5)35-32(39)34-27-12-14-29(26-10-8-7-9-25(26)27)41-20-17-37-15-18-40-19-16-37;1-6-12-9-11(2)7-8-13(12)19-15(17)10-14(18-19)16(3,4)5;19-18(20)15-5-6-16(14-4-2-1-3-13(14)15)22-12-9-17-7-10-21-11-8-17;17-15-5-6-16(14-4-2-1-3-13(14)15)20-12-9-18-7-10-19-11-8-18;12-10-6-5-9(11(13)14)7-3-1-2-4-8(7)10;1-3-8-6-7(2)4-5-9(8)11-10;1-7(2,3)6(9)4-5-8;8-4-1-7-2-5-9-6-3-7;/h7-14,21-22H,6,15-20H2,1-5H3,(H2,34,35,39);7-10H,6,17H2,1-5H3;1-6H,7-12H2;1-6H,7-12,17H2;1-6,12H;4-6,11H,3,10H2,1-2H3;4H2,1-3H3;8H,1-6H2;1H4. The number of nitriles is 1. The van der Waals surface area contributed by atoms with Crippen LogP contribution >= 0.6 is 0 Å². The molecule has 11 aromatic carbocycles. The summed E-state index contributed by atoms with van der Waals surface area (Å²) in [7, 11) is 0. The Hall–Kier alpha value is -13.7. The van der Waals surface area contributed by atoms with Gasteiger partial charge in [0.25, 0.3) is 11.4 Å². The van der Waals surface area contributed by atoms with Crippen molar-refractivity contribution >= 4 is 95.0 Å². The Kier molecular flexibility index (Phi) is 45.5. The zero-order chi connectivity index (χ0) is 105. The molecule has 0 atom stereocenters. The number of hydrazine groups is 1. The number of urea groups is 1. The number of amides is 2. The van der Waals surface area contributed by atoms with Crippen LogP contribution in [0, 0.1) is 57.7 Å². The number of anilines is 5. The molecule has 0 aliphatic carbocycles. The minimum Gasteiger partial charge on any atom is -0.507 e. The number of morpholine rings is 4. The number of β-amino-alcohol motifs (C(OH)–C–C–N with tert-alkyl or cyclic N) is 1. The molecule has 0 bridgehead atoms. The molecule has 17 rings (SSSR count). The number of phenols is 1. The number of rotatable bonds is 25. The van der Waals surface area contributed by atoms with Gasteiger partial charge in [-0.1, -0.05) is 229 Å². The van der Waals surface area contributed by atoms with Gasteiger partial charge in [-0.05, 0) is 123 Å². The first-order valence-electron chi connectivity index (χ1n) is 49.7. The van der Waals surface area contributed by atoms with Crippen molar-refractivity contribution in [2.24, 2.45) is 11.3 Å². The van der Waals surface area contributed by atoms with Crippen LogP contribution in [-0.2, 0) is 53.8 Å². The lowest BCUT2D eigenvalue weighted by Gasteiger charge is -2.26. The molecule has 32 heteroatoms. The molecule has 4 aliphatic heterocycles. The number of ether oxygens (including phenoxy) is 7. The number of hydrogen-bond donors (Lipinski definition) is 8. The van der Waals surface area contributed by atoms with Gasteiger partial charge in [-0.3, -0.25) is 55.8 Å². The van der Waals surface area contributed by atoms with Gasteiger partial charge in [0.15, 0.2) is 5.78 Å². The third-order valence-corrected chi connectivity index (χ3v) is 24.8. The van der Waals surface area contributed by atoms with E-state index in [0.29, 0.717) is 59.1 Å². The molecular weight excluding hydrogens is 1850 g/mol. The van der Waals surface area contributed by atoms with Gasteiger partial charge in [0.1, 0.15) is 54.5 Å². The van der Waals surface area contributed by atoms with Crippen LogP contribution in [0.25, 0.3) is 54.5 Å². The van der Waals surface area contributed by atoms with Gasteiger partial charge in [0.05, 0.1) is 127 Å². The third-order valence-electron chi connectivity index (χ3n) is 24.8. The summed E-state index contributed by atoms with van der Waals surface area (Å²) >= 11 is 0. The molecular formula is C114H151N17O15. The summed E-state index contributed by atoms with van der Waals surface area (Å²) in [5, 5.41) is 69.9. The Morgan fingerprint density at radius 3 is 1.23 bits per heavy atom. The van der Waals surface area contributed by atoms with E-state index >= 15 is 0 Å². The fourth-order valence-corrected chi connectivity index (χ4v) is 16.3. The van der Waals surface area contributed by atoms with Crippen molar-refractivity contribution in [3.63, 3.8) is 0 Å². The van der Waals surface area contributed by atoms with Crippen LogP contribution in [0.5, 0.6) is 23.0 Å². The number of fused-ring (bicyclic) bond motifs is 4. The van der Waals surface area contributed by atoms with Gasteiger partial charge in [-0.15, -0.1) is 0 Å². The van der Waals surface area contributed by atoms with Crippen molar-refractivity contribution in [2.45, 2.75) is 148 Å². The number of aromatic hydroxyl groups is 1. The molecule has 4 fully saturated rings. The molecule has 782 valence electrons. The van der Waals surface area contributed by atoms with Gasteiger partial charge in [0.2, 0.25) is 0 Å². The van der Waals surface area contributed by atoms with Crippen molar-refractivity contribution in [1.82, 2.24) is 39.2 Å². The topological polar surface area (TPSA) is 412 Å². The minimum absolute atomic E-state index is 0. The zero-order valence-electron chi connectivity index (χ0n) is 86.9. The molecule has 4 saturated heterocycles. The Bertz CT molecular complexity index is 6410. The number of nitrogens with zero attached hydrogens (tertiary/aromatic N) is 11. The number of carbonyl (C=O) groups is 2. The predicted molar refractivity (Wildman–Crippen MR) is 587 cm³/mol. The van der Waals surface area contributed by atoms with Crippen LogP contribution < -0.4 is 47.6 Å². The number of phenolic OH excluding ortho intramolecular Hbond substituents is 1. The number of benzene rings is 11. The van der Waals surface area contributed by atoms with Gasteiger partial charge >= 0.3 is 6.03 Å². The van der Waals surface area contributed by atoms with Crippen LogP contribution in [0.3, 0.4) is 0 Å².